The molecule has 0 saturated carbocycles. The van der Waals surface area contributed by atoms with E-state index in [1.165, 1.54) is 21.9 Å². The first kappa shape index (κ1) is 68.9. The van der Waals surface area contributed by atoms with Crippen LogP contribution < -0.4 is 26.0 Å². The maximum absolute atomic E-state index is 15.3. The molecule has 20 nitrogen and oxygen atoms in total. The van der Waals surface area contributed by atoms with Gasteiger partial charge in [0.1, 0.15) is 29.9 Å². The molecular formula is C67H81F2N8O12PS2. The van der Waals surface area contributed by atoms with Crippen LogP contribution in [-0.2, 0) is 52.0 Å². The van der Waals surface area contributed by atoms with Gasteiger partial charge in [0.15, 0.2) is 6.61 Å². The van der Waals surface area contributed by atoms with Gasteiger partial charge >= 0.3 is 13.3 Å². The van der Waals surface area contributed by atoms with Gasteiger partial charge in [-0.15, -0.1) is 22.7 Å². The van der Waals surface area contributed by atoms with E-state index in [1.807, 2.05) is 89.2 Å². The average Bonchev–Trinajstić information content (AvgIpc) is 1.21. The summed E-state index contributed by atoms with van der Waals surface area (Å²) in [6, 6.07) is 22.8. The number of hydrogen-bond donors (Lipinski definition) is 7. The smallest absolute Gasteiger partial charge is 0.399 e. The van der Waals surface area contributed by atoms with E-state index < -0.39 is 101 Å². The minimum absolute atomic E-state index is 0.0397. The maximum atomic E-state index is 15.3. The fourth-order valence-corrected chi connectivity index (χ4v) is 14.3. The monoisotopic (exact) mass is 1320 g/mol. The van der Waals surface area contributed by atoms with E-state index in [2.05, 4.69) is 26.3 Å². The summed E-state index contributed by atoms with van der Waals surface area (Å²) in [5.41, 5.74) is 0.0400. The molecule has 0 unspecified atom stereocenters. The number of rotatable bonds is 21. The zero-order valence-electron chi connectivity index (χ0n) is 52.9. The SMILES string of the molecule is Cc1ncsc1-c1ccc([C@H](C)NC(=O)[C@@H]2C[C@@H](O)CN2C(=O)[C@@H](NC(=O)CCCCNC(=O)COc2ccc3c(c2)CN(C(=O)[C@@H](NC(=O)c2cc4cc(C(F)(F)P(=O)(O)O)ccc4s2)C(C)(C)C)[C@H](C(=O)N2CCC[C@H](c4ccccc4)C2)C3)C(C)(C)C)cc1. The lowest BCUT2D eigenvalue weighted by molar-refractivity contribution is -0.150. The van der Waals surface area contributed by atoms with E-state index in [4.69, 9.17) is 4.74 Å². The third-order valence-electron chi connectivity index (χ3n) is 17.3. The van der Waals surface area contributed by atoms with Crippen LogP contribution in [0.15, 0.2) is 103 Å². The highest BCUT2D eigenvalue weighted by Crippen LogP contribution is 2.59. The first-order valence-corrected chi connectivity index (χ1v) is 34.2. The van der Waals surface area contributed by atoms with Gasteiger partial charge < -0.3 is 55.6 Å². The number of alkyl halides is 2. The lowest BCUT2D eigenvalue weighted by atomic mass is 9.83. The van der Waals surface area contributed by atoms with Crippen molar-refractivity contribution in [2.24, 2.45) is 10.8 Å². The topological polar surface area (TPSA) is 277 Å². The highest BCUT2D eigenvalue weighted by Gasteiger charge is 2.51. The number of aliphatic hydroxyl groups excluding tert-OH is 1. The molecule has 0 spiro atoms. The second kappa shape index (κ2) is 28.4. The average molecular weight is 1320 g/mol. The molecule has 7 atom stereocenters. The summed E-state index contributed by atoms with van der Waals surface area (Å²) in [5, 5.41) is 22.5. The number of nitrogens with zero attached hydrogens (tertiary/aromatic N) is 4. The van der Waals surface area contributed by atoms with Gasteiger partial charge in [-0.25, -0.2) is 4.98 Å². The van der Waals surface area contributed by atoms with Gasteiger partial charge in [0.2, 0.25) is 29.5 Å². The van der Waals surface area contributed by atoms with E-state index in [0.29, 0.717) is 41.9 Å². The van der Waals surface area contributed by atoms with Crippen LogP contribution in [0.25, 0.3) is 20.5 Å². The van der Waals surface area contributed by atoms with Crippen molar-refractivity contribution >= 4 is 81.7 Å². The summed E-state index contributed by atoms with van der Waals surface area (Å²) >= 11 is 2.50. The molecule has 2 saturated heterocycles. The van der Waals surface area contributed by atoms with Gasteiger partial charge in [0.25, 0.3) is 11.8 Å². The standard InChI is InChI=1S/C67H81F2N8O12PS2/c1-39(41-19-21-43(22-20-41)57-40(2)71-38-91-57)72-60(81)51-33-49(78)36-77(51)63(84)58(65(3,4)5)73-55(79)18-12-13-27-70-56(80)37-89-50-25-23-44-31-52(62(83)75-28-14-17-45(34-75)42-15-10-9-11-16-42)76(35-47(44)30-50)64(85)59(66(6,7)8)74-61(82)54-32-46-29-48(24-26-53(46)92-54)67(68,69)90(86,87)88/h9-11,15-16,19-26,29-30,32,38-39,45,49,51-52,58-59,78H,12-14,17-18,27-28,31,33-37H2,1-8H3,(H,70,80)(H,72,81)(H,73,79)(H,74,82)(H2,86,87,88)/t39-,45-,49+,51-,52-,58+,59+/m0/s1. The van der Waals surface area contributed by atoms with Crippen molar-refractivity contribution in [1.82, 2.24) is 41.0 Å². The zero-order valence-corrected chi connectivity index (χ0v) is 55.4. The molecule has 4 aromatic carbocycles. The van der Waals surface area contributed by atoms with Crippen molar-refractivity contribution in [2.45, 2.75) is 155 Å². The first-order valence-electron chi connectivity index (χ1n) is 30.9. The Morgan fingerprint density at radius 1 is 0.793 bits per heavy atom. The molecule has 0 radical (unpaired) electrons. The Balaban J connectivity index is 0.802. The van der Waals surface area contributed by atoms with Gasteiger partial charge in [0, 0.05) is 68.2 Å². The fraction of sp³-hybridized carbons (Fsp3) is 0.463. The van der Waals surface area contributed by atoms with Gasteiger partial charge in [0.05, 0.1) is 33.1 Å². The Morgan fingerprint density at radius 3 is 2.16 bits per heavy atom. The molecule has 7 amide bonds. The normalized spacial score (nSPS) is 18.9. The van der Waals surface area contributed by atoms with Crippen LogP contribution in [0.5, 0.6) is 5.75 Å². The minimum Gasteiger partial charge on any atom is -0.484 e. The summed E-state index contributed by atoms with van der Waals surface area (Å²) in [7, 11) is -5.87. The molecule has 25 heteroatoms. The van der Waals surface area contributed by atoms with E-state index in [-0.39, 0.29) is 67.6 Å². The Kier molecular flexibility index (Phi) is 21.3. The number of piperidine rings is 1. The number of amides is 7. The van der Waals surface area contributed by atoms with Crippen molar-refractivity contribution in [1.29, 1.82) is 0 Å². The van der Waals surface area contributed by atoms with Crippen LogP contribution >= 0.6 is 30.3 Å². The number of carbonyl (C=O) groups excluding carboxylic acids is 7. The number of likely N-dealkylation sites (tertiary alicyclic amines) is 2. The molecule has 7 N–H and O–H groups in total. The number of ether oxygens (including phenoxy) is 1. The molecule has 2 fully saturated rings. The lowest BCUT2D eigenvalue weighted by Gasteiger charge is -2.43. The molecule has 3 aliphatic rings. The van der Waals surface area contributed by atoms with Gasteiger partial charge in [-0.1, -0.05) is 108 Å². The van der Waals surface area contributed by atoms with Gasteiger partial charge in [-0.3, -0.25) is 38.1 Å². The fourth-order valence-electron chi connectivity index (χ4n) is 12.1. The second-order valence-electron chi connectivity index (χ2n) is 26.3. The van der Waals surface area contributed by atoms with Crippen LogP contribution in [0.4, 0.5) is 8.78 Å². The van der Waals surface area contributed by atoms with Crippen LogP contribution in [-0.4, -0.2) is 139 Å². The molecule has 492 valence electrons. The molecule has 2 aromatic heterocycles. The quantitative estimate of drug-likeness (QED) is 0.0262. The molecular weight excluding hydrogens is 1240 g/mol. The van der Waals surface area contributed by atoms with Crippen LogP contribution in [0, 0.1) is 17.8 Å². The van der Waals surface area contributed by atoms with Crippen LogP contribution in [0.1, 0.15) is 142 Å². The second-order valence-corrected chi connectivity index (χ2v) is 29.9. The molecule has 92 heavy (non-hydrogen) atoms. The number of unbranched alkanes of at least 4 members (excludes halogenated alkanes) is 1. The number of aromatic nitrogens is 1. The largest absolute Gasteiger partial charge is 0.484 e. The molecule has 6 aromatic rings. The number of carbonyl (C=O) groups is 7. The number of halogens is 2. The summed E-state index contributed by atoms with van der Waals surface area (Å²) in [5.74, 6) is -2.83. The highest BCUT2D eigenvalue weighted by atomic mass is 32.1. The van der Waals surface area contributed by atoms with E-state index >= 15 is 4.79 Å². The summed E-state index contributed by atoms with van der Waals surface area (Å²) < 4.78 is 47.5. The third kappa shape index (κ3) is 16.1. The van der Waals surface area contributed by atoms with E-state index in [0.717, 1.165) is 69.1 Å². The van der Waals surface area contributed by atoms with Crippen LogP contribution in [0.2, 0.25) is 0 Å². The highest BCUT2D eigenvalue weighted by molar-refractivity contribution is 7.52. The third-order valence-corrected chi connectivity index (χ3v) is 20.4. The number of benzene rings is 4. The van der Waals surface area contributed by atoms with Crippen molar-refractivity contribution in [2.75, 3.05) is 32.8 Å². The molecule has 5 heterocycles. The number of aliphatic hydroxyl groups is 1. The molecule has 3 aliphatic heterocycles. The molecule has 0 bridgehead atoms. The zero-order chi connectivity index (χ0) is 66.6. The van der Waals surface area contributed by atoms with Crippen molar-refractivity contribution in [3.8, 4) is 16.2 Å². The predicted octanol–water partition coefficient (Wildman–Crippen LogP) is 9.10. The van der Waals surface area contributed by atoms with Crippen molar-refractivity contribution < 1.29 is 66.5 Å². The van der Waals surface area contributed by atoms with Gasteiger partial charge in [-0.2, -0.15) is 8.78 Å². The number of thiophene rings is 1. The lowest BCUT2D eigenvalue weighted by Crippen LogP contribution is -2.61. The van der Waals surface area contributed by atoms with E-state index in [1.54, 1.807) is 60.7 Å². The Bertz CT molecular complexity index is 3750. The number of thiazole rings is 1. The Morgan fingerprint density at radius 2 is 1.49 bits per heavy atom. The number of aryl methyl sites for hydroxylation is 1. The number of nitrogens with one attached hydrogen (secondary N) is 4. The summed E-state index contributed by atoms with van der Waals surface area (Å²) in [6.07, 6.45) is 1.68. The molecule has 9 rings (SSSR count). The first-order chi connectivity index (χ1) is 43.4. The van der Waals surface area contributed by atoms with E-state index in [9.17, 15) is 57.0 Å². The minimum atomic E-state index is -5.87. The molecule has 0 aliphatic carbocycles. The summed E-state index contributed by atoms with van der Waals surface area (Å²) in [6.45, 7) is 15.2. The van der Waals surface area contributed by atoms with Crippen molar-refractivity contribution in [3.63, 3.8) is 0 Å². The van der Waals surface area contributed by atoms with Crippen molar-refractivity contribution in [3.05, 3.63) is 141 Å². The number of hydrogen-bond acceptors (Lipinski definition) is 13. The van der Waals surface area contributed by atoms with Crippen LogP contribution in [0.3, 0.4) is 0 Å². The Labute approximate surface area is 542 Å². The summed E-state index contributed by atoms with van der Waals surface area (Å²) in [4.78, 5) is 128. The number of β-amino-alcohol motifs (C(OH)–C–C–N with tert-alkyl or cyclic N) is 1. The number of fused-ring (bicyclic) bond motifs is 2. The Hall–Kier alpha value is -7.47. The van der Waals surface area contributed by atoms with Gasteiger partial charge in [-0.05, 0) is 114 Å². The predicted molar refractivity (Wildman–Crippen MR) is 347 cm³/mol. The maximum Gasteiger partial charge on any atom is 0.399 e.